The Morgan fingerprint density at radius 3 is 2.80 bits per heavy atom. The van der Waals surface area contributed by atoms with Gasteiger partial charge in [-0.3, -0.25) is 0 Å². The van der Waals surface area contributed by atoms with Gasteiger partial charge < -0.3 is 5.32 Å². The first-order valence-electron chi connectivity index (χ1n) is 5.45. The summed E-state index contributed by atoms with van der Waals surface area (Å²) in [4.78, 5) is 0. The van der Waals surface area contributed by atoms with Gasteiger partial charge in [0.05, 0.1) is 0 Å². The van der Waals surface area contributed by atoms with Crippen LogP contribution in [-0.4, -0.2) is 14.6 Å². The zero-order chi connectivity index (χ0) is 10.9. The standard InChI is InChI=1S/C13H17NSi/c1-15(2,3)9-7-11-4-5-12-6-8-14-13(12)10-11/h4-5,10,14H,6,8H2,1-3H3. The van der Waals surface area contributed by atoms with Crippen LogP contribution in [0.3, 0.4) is 0 Å². The Hall–Kier alpha value is -1.20. The molecule has 78 valence electrons. The van der Waals surface area contributed by atoms with Gasteiger partial charge >= 0.3 is 0 Å². The molecule has 1 nitrogen and oxygen atoms in total. The van der Waals surface area contributed by atoms with Crippen molar-refractivity contribution in [3.05, 3.63) is 29.3 Å². The van der Waals surface area contributed by atoms with Crippen molar-refractivity contribution in [2.24, 2.45) is 0 Å². The third-order valence-electron chi connectivity index (χ3n) is 2.40. The molecule has 0 aliphatic carbocycles. The maximum absolute atomic E-state index is 3.39. The summed E-state index contributed by atoms with van der Waals surface area (Å²) in [5.41, 5.74) is 7.23. The van der Waals surface area contributed by atoms with Crippen LogP contribution < -0.4 is 5.32 Å². The van der Waals surface area contributed by atoms with Gasteiger partial charge in [-0.25, -0.2) is 0 Å². The number of rotatable bonds is 0. The molecule has 1 heterocycles. The van der Waals surface area contributed by atoms with E-state index in [1.165, 1.54) is 11.3 Å². The molecule has 0 bridgehead atoms. The van der Waals surface area contributed by atoms with E-state index in [0.29, 0.717) is 0 Å². The number of hydrogen-bond donors (Lipinski definition) is 1. The van der Waals surface area contributed by atoms with E-state index in [1.54, 1.807) is 0 Å². The molecule has 15 heavy (non-hydrogen) atoms. The van der Waals surface area contributed by atoms with Crippen LogP contribution in [0.5, 0.6) is 0 Å². The van der Waals surface area contributed by atoms with E-state index in [4.69, 9.17) is 0 Å². The van der Waals surface area contributed by atoms with E-state index in [1.807, 2.05) is 0 Å². The van der Waals surface area contributed by atoms with Crippen LogP contribution in [-0.2, 0) is 6.42 Å². The highest BCUT2D eigenvalue weighted by atomic mass is 28.3. The van der Waals surface area contributed by atoms with Gasteiger partial charge in [-0.2, -0.15) is 0 Å². The summed E-state index contributed by atoms with van der Waals surface area (Å²) in [7, 11) is -1.25. The van der Waals surface area contributed by atoms with Crippen LogP contribution >= 0.6 is 0 Å². The summed E-state index contributed by atoms with van der Waals surface area (Å²) in [6.45, 7) is 7.88. The lowest BCUT2D eigenvalue weighted by Gasteiger charge is -2.04. The molecular weight excluding hydrogens is 198 g/mol. The van der Waals surface area contributed by atoms with E-state index in [-0.39, 0.29) is 0 Å². The van der Waals surface area contributed by atoms with E-state index < -0.39 is 8.07 Å². The summed E-state index contributed by atoms with van der Waals surface area (Å²) in [5.74, 6) is 3.29. The fraction of sp³-hybridized carbons (Fsp3) is 0.385. The molecule has 1 aliphatic heterocycles. The highest BCUT2D eigenvalue weighted by Crippen LogP contribution is 2.22. The average Bonchev–Trinajstić information content (AvgIpc) is 2.60. The summed E-state index contributed by atoms with van der Waals surface area (Å²) < 4.78 is 0. The fourth-order valence-corrected chi connectivity index (χ4v) is 2.15. The second-order valence-corrected chi connectivity index (χ2v) is 9.80. The Morgan fingerprint density at radius 1 is 1.27 bits per heavy atom. The highest BCUT2D eigenvalue weighted by molar-refractivity contribution is 6.83. The van der Waals surface area contributed by atoms with E-state index in [2.05, 4.69) is 54.6 Å². The first-order chi connectivity index (χ1) is 7.04. The molecule has 1 N–H and O–H groups in total. The van der Waals surface area contributed by atoms with Crippen molar-refractivity contribution in [3.8, 4) is 11.5 Å². The average molecular weight is 215 g/mol. The Balaban J connectivity index is 2.27. The lowest BCUT2D eigenvalue weighted by Crippen LogP contribution is -2.16. The Bertz CT molecular complexity index is 432. The number of fused-ring (bicyclic) bond motifs is 1. The lowest BCUT2D eigenvalue weighted by molar-refractivity contribution is 1.11. The van der Waals surface area contributed by atoms with Crippen molar-refractivity contribution in [2.45, 2.75) is 26.1 Å². The molecule has 0 aromatic heterocycles. The molecule has 1 aliphatic rings. The van der Waals surface area contributed by atoms with E-state index >= 15 is 0 Å². The number of nitrogens with one attached hydrogen (secondary N) is 1. The summed E-state index contributed by atoms with van der Waals surface area (Å²) in [6, 6.07) is 6.51. The van der Waals surface area contributed by atoms with Crippen LogP contribution in [0.25, 0.3) is 0 Å². The molecule has 0 saturated carbocycles. The van der Waals surface area contributed by atoms with Gasteiger partial charge in [0.15, 0.2) is 0 Å². The minimum Gasteiger partial charge on any atom is -0.384 e. The molecule has 0 spiro atoms. The van der Waals surface area contributed by atoms with Crippen molar-refractivity contribution in [2.75, 3.05) is 11.9 Å². The van der Waals surface area contributed by atoms with Gasteiger partial charge in [0.1, 0.15) is 8.07 Å². The molecule has 0 unspecified atom stereocenters. The maximum atomic E-state index is 3.39. The van der Waals surface area contributed by atoms with Gasteiger partial charge in [-0.1, -0.05) is 31.6 Å². The molecule has 1 aromatic rings. The molecule has 2 rings (SSSR count). The largest absolute Gasteiger partial charge is 0.384 e. The van der Waals surface area contributed by atoms with Crippen molar-refractivity contribution in [1.29, 1.82) is 0 Å². The zero-order valence-electron chi connectivity index (χ0n) is 9.65. The monoisotopic (exact) mass is 215 g/mol. The predicted octanol–water partition coefficient (Wildman–Crippen LogP) is 2.88. The molecule has 0 radical (unpaired) electrons. The maximum Gasteiger partial charge on any atom is 0.129 e. The summed E-state index contributed by atoms with van der Waals surface area (Å²) in [6.07, 6.45) is 1.15. The minimum absolute atomic E-state index is 1.07. The Morgan fingerprint density at radius 2 is 2.07 bits per heavy atom. The molecular formula is C13H17NSi. The Labute approximate surface area is 92.9 Å². The number of benzene rings is 1. The third-order valence-corrected chi connectivity index (χ3v) is 3.28. The van der Waals surface area contributed by atoms with Crippen molar-refractivity contribution in [1.82, 2.24) is 0 Å². The van der Waals surface area contributed by atoms with Crippen molar-refractivity contribution >= 4 is 13.8 Å². The van der Waals surface area contributed by atoms with Crippen LogP contribution in [0.4, 0.5) is 5.69 Å². The molecule has 0 saturated heterocycles. The molecule has 0 atom stereocenters. The lowest BCUT2D eigenvalue weighted by atomic mass is 10.1. The van der Waals surface area contributed by atoms with E-state index in [9.17, 15) is 0 Å². The smallest absolute Gasteiger partial charge is 0.129 e. The quantitative estimate of drug-likeness (QED) is 0.518. The van der Waals surface area contributed by atoms with E-state index in [0.717, 1.165) is 18.5 Å². The van der Waals surface area contributed by atoms with Gasteiger partial charge in [0, 0.05) is 17.8 Å². The SMILES string of the molecule is C[Si](C)(C)C#Cc1ccc2c(c1)NCC2. The number of anilines is 1. The van der Waals surface area contributed by atoms with Gasteiger partial charge in [0.25, 0.3) is 0 Å². The van der Waals surface area contributed by atoms with Crippen LogP contribution in [0.15, 0.2) is 18.2 Å². The second kappa shape index (κ2) is 3.75. The fourth-order valence-electron chi connectivity index (χ4n) is 1.63. The first kappa shape index (κ1) is 10.3. The van der Waals surface area contributed by atoms with Gasteiger partial charge in [0.2, 0.25) is 0 Å². The van der Waals surface area contributed by atoms with Crippen molar-refractivity contribution in [3.63, 3.8) is 0 Å². The minimum atomic E-state index is -1.25. The predicted molar refractivity (Wildman–Crippen MR) is 68.9 cm³/mol. The molecule has 0 amide bonds. The van der Waals surface area contributed by atoms with Gasteiger partial charge in [-0.05, 0) is 24.1 Å². The third kappa shape index (κ3) is 2.63. The first-order valence-corrected chi connectivity index (χ1v) is 8.95. The van der Waals surface area contributed by atoms with Crippen LogP contribution in [0.1, 0.15) is 11.1 Å². The Kier molecular flexibility index (Phi) is 2.58. The highest BCUT2D eigenvalue weighted by Gasteiger charge is 2.10. The van der Waals surface area contributed by atoms with Crippen LogP contribution in [0, 0.1) is 11.5 Å². The molecule has 2 heteroatoms. The second-order valence-electron chi connectivity index (χ2n) is 5.05. The summed E-state index contributed by atoms with van der Waals surface area (Å²) >= 11 is 0. The van der Waals surface area contributed by atoms with Gasteiger partial charge in [-0.15, -0.1) is 5.54 Å². The number of hydrogen-bond acceptors (Lipinski definition) is 1. The normalized spacial score (nSPS) is 13.8. The molecule has 0 fully saturated rings. The molecule has 1 aromatic carbocycles. The zero-order valence-corrected chi connectivity index (χ0v) is 10.6. The topological polar surface area (TPSA) is 12.0 Å². The van der Waals surface area contributed by atoms with Crippen molar-refractivity contribution < 1.29 is 0 Å². The van der Waals surface area contributed by atoms with Crippen LogP contribution in [0.2, 0.25) is 19.6 Å². The summed E-state index contributed by atoms with van der Waals surface area (Å²) in [5, 5.41) is 3.38.